The van der Waals surface area contributed by atoms with Crippen molar-refractivity contribution in [3.8, 4) is 6.07 Å². The molecule has 1 aromatic heterocycles. The van der Waals surface area contributed by atoms with Crippen LogP contribution in [0.5, 0.6) is 0 Å². The van der Waals surface area contributed by atoms with Crippen LogP contribution < -0.4 is 5.32 Å². The number of nitrogens with one attached hydrogen (secondary N) is 1. The molecule has 0 fully saturated rings. The molecule has 1 N–H and O–H groups in total. The van der Waals surface area contributed by atoms with Crippen LogP contribution in [0.2, 0.25) is 5.02 Å². The third-order valence-electron chi connectivity index (χ3n) is 2.00. The van der Waals surface area contributed by atoms with E-state index in [0.717, 1.165) is 0 Å². The first kappa shape index (κ1) is 13.3. The van der Waals surface area contributed by atoms with E-state index in [0.29, 0.717) is 18.0 Å². The molecule has 1 atom stereocenters. The van der Waals surface area contributed by atoms with Gasteiger partial charge in [-0.15, -0.1) is 0 Å². The summed E-state index contributed by atoms with van der Waals surface area (Å²) < 4.78 is 4.84. The van der Waals surface area contributed by atoms with Gasteiger partial charge in [0.2, 0.25) is 0 Å². The number of esters is 1. The van der Waals surface area contributed by atoms with Crippen LogP contribution in [0.1, 0.15) is 19.4 Å². The van der Waals surface area contributed by atoms with Crippen molar-refractivity contribution in [2.45, 2.75) is 19.9 Å². The van der Waals surface area contributed by atoms with Gasteiger partial charge in [-0.05, 0) is 19.9 Å². The molecule has 0 bridgehead atoms. The van der Waals surface area contributed by atoms with Crippen LogP contribution in [-0.4, -0.2) is 23.6 Å². The second-order valence-corrected chi connectivity index (χ2v) is 3.63. The molecule has 0 aromatic carbocycles. The van der Waals surface area contributed by atoms with E-state index in [4.69, 9.17) is 21.6 Å². The fourth-order valence-electron chi connectivity index (χ4n) is 1.16. The van der Waals surface area contributed by atoms with Crippen molar-refractivity contribution in [3.05, 3.63) is 22.8 Å². The monoisotopic (exact) mass is 253 g/mol. The topological polar surface area (TPSA) is 75.0 Å². The summed E-state index contributed by atoms with van der Waals surface area (Å²) in [5, 5.41) is 11.8. The van der Waals surface area contributed by atoms with E-state index in [-0.39, 0.29) is 5.02 Å². The molecule has 0 saturated carbocycles. The first-order valence-corrected chi connectivity index (χ1v) is 5.45. The zero-order chi connectivity index (χ0) is 12.8. The lowest BCUT2D eigenvalue weighted by Crippen LogP contribution is -2.28. The molecule has 1 heterocycles. The van der Waals surface area contributed by atoms with E-state index in [1.165, 1.54) is 12.3 Å². The number of carbonyl (C=O) groups excluding carboxylic acids is 1. The molecular weight excluding hydrogens is 242 g/mol. The normalized spacial score (nSPS) is 11.4. The number of nitrogens with zero attached hydrogens (tertiary/aromatic N) is 2. The third-order valence-corrected chi connectivity index (χ3v) is 2.39. The predicted octanol–water partition coefficient (Wildman–Crippen LogP) is 1.97. The Morgan fingerprint density at radius 3 is 3.06 bits per heavy atom. The molecule has 17 heavy (non-hydrogen) atoms. The van der Waals surface area contributed by atoms with Gasteiger partial charge in [-0.3, -0.25) is 0 Å². The van der Waals surface area contributed by atoms with E-state index in [1.807, 2.05) is 6.07 Å². The Balaban J connectivity index is 2.82. The van der Waals surface area contributed by atoms with Gasteiger partial charge < -0.3 is 10.1 Å². The number of carbonyl (C=O) groups is 1. The van der Waals surface area contributed by atoms with Crippen molar-refractivity contribution < 1.29 is 9.53 Å². The fourth-order valence-corrected chi connectivity index (χ4v) is 1.37. The first-order chi connectivity index (χ1) is 8.10. The molecular formula is C11H12ClN3O2. The van der Waals surface area contributed by atoms with Gasteiger partial charge in [0.1, 0.15) is 23.0 Å². The summed E-state index contributed by atoms with van der Waals surface area (Å²) in [6.45, 7) is 3.67. The van der Waals surface area contributed by atoms with Crippen LogP contribution in [0.25, 0.3) is 0 Å². The van der Waals surface area contributed by atoms with Gasteiger partial charge >= 0.3 is 5.97 Å². The number of aromatic nitrogens is 1. The Labute approximate surface area is 104 Å². The number of pyridine rings is 1. The fraction of sp³-hybridized carbons (Fsp3) is 0.364. The second-order valence-electron chi connectivity index (χ2n) is 3.25. The highest BCUT2D eigenvalue weighted by atomic mass is 35.5. The number of hydrogen-bond donors (Lipinski definition) is 1. The number of nitriles is 1. The van der Waals surface area contributed by atoms with Gasteiger partial charge in [0.15, 0.2) is 0 Å². The molecule has 6 heteroatoms. The number of halogens is 1. The highest BCUT2D eigenvalue weighted by Crippen LogP contribution is 2.23. The molecule has 0 aliphatic rings. The molecule has 0 amide bonds. The smallest absolute Gasteiger partial charge is 0.328 e. The standard InChI is InChI=1S/C11H12ClN3O2/c1-3-17-11(16)7(2)15-10-9(12)8(6-13)4-5-14-10/h4-5,7H,3H2,1-2H3,(H,14,15). The molecule has 0 saturated heterocycles. The minimum Gasteiger partial charge on any atom is -0.464 e. The molecule has 0 radical (unpaired) electrons. The predicted molar refractivity (Wildman–Crippen MR) is 63.7 cm³/mol. The van der Waals surface area contributed by atoms with Gasteiger partial charge in [-0.2, -0.15) is 5.26 Å². The van der Waals surface area contributed by atoms with E-state index >= 15 is 0 Å². The van der Waals surface area contributed by atoms with Crippen LogP contribution in [-0.2, 0) is 9.53 Å². The summed E-state index contributed by atoms with van der Waals surface area (Å²) in [6.07, 6.45) is 1.45. The largest absolute Gasteiger partial charge is 0.464 e. The zero-order valence-corrected chi connectivity index (χ0v) is 10.3. The van der Waals surface area contributed by atoms with Crippen molar-refractivity contribution in [1.29, 1.82) is 5.26 Å². The Morgan fingerprint density at radius 1 is 1.76 bits per heavy atom. The van der Waals surface area contributed by atoms with E-state index in [1.54, 1.807) is 13.8 Å². The quantitative estimate of drug-likeness (QED) is 0.831. The third kappa shape index (κ3) is 3.33. The Hall–Kier alpha value is -1.80. The van der Waals surface area contributed by atoms with E-state index < -0.39 is 12.0 Å². The molecule has 90 valence electrons. The van der Waals surface area contributed by atoms with Crippen molar-refractivity contribution >= 4 is 23.4 Å². The number of hydrogen-bond acceptors (Lipinski definition) is 5. The summed E-state index contributed by atoms with van der Waals surface area (Å²) in [5.74, 6) is -0.0982. The minimum absolute atomic E-state index is 0.200. The second kappa shape index (κ2) is 6.06. The Bertz CT molecular complexity index is 457. The number of rotatable bonds is 4. The van der Waals surface area contributed by atoms with Crippen LogP contribution >= 0.6 is 11.6 Å². The molecule has 1 aromatic rings. The molecule has 0 aliphatic heterocycles. The highest BCUT2D eigenvalue weighted by molar-refractivity contribution is 6.34. The minimum atomic E-state index is -0.575. The van der Waals surface area contributed by atoms with Gasteiger partial charge in [0.25, 0.3) is 0 Å². The van der Waals surface area contributed by atoms with Gasteiger partial charge in [-0.1, -0.05) is 11.6 Å². The maximum Gasteiger partial charge on any atom is 0.328 e. The summed E-state index contributed by atoms with van der Waals surface area (Å²) in [7, 11) is 0. The summed E-state index contributed by atoms with van der Waals surface area (Å²) in [4.78, 5) is 15.4. The average molecular weight is 254 g/mol. The number of ether oxygens (including phenoxy) is 1. The van der Waals surface area contributed by atoms with Crippen molar-refractivity contribution in [2.24, 2.45) is 0 Å². The Kier molecular flexibility index (Phi) is 4.73. The SMILES string of the molecule is CCOC(=O)C(C)Nc1nccc(C#N)c1Cl. The van der Waals surface area contributed by atoms with Gasteiger partial charge in [-0.25, -0.2) is 9.78 Å². The van der Waals surface area contributed by atoms with Gasteiger partial charge in [0, 0.05) is 6.20 Å². The van der Waals surface area contributed by atoms with Crippen molar-refractivity contribution in [1.82, 2.24) is 4.98 Å². The van der Waals surface area contributed by atoms with Crippen molar-refractivity contribution in [3.63, 3.8) is 0 Å². The lowest BCUT2D eigenvalue weighted by Gasteiger charge is -2.14. The number of anilines is 1. The lowest BCUT2D eigenvalue weighted by atomic mass is 10.2. The average Bonchev–Trinajstić information content (AvgIpc) is 2.32. The molecule has 0 aliphatic carbocycles. The van der Waals surface area contributed by atoms with Crippen LogP contribution in [0.4, 0.5) is 5.82 Å². The molecule has 0 spiro atoms. The summed E-state index contributed by atoms with van der Waals surface area (Å²) >= 11 is 5.94. The maximum atomic E-state index is 11.4. The molecule has 1 rings (SSSR count). The maximum absolute atomic E-state index is 11.4. The lowest BCUT2D eigenvalue weighted by molar-refractivity contribution is -0.143. The highest BCUT2D eigenvalue weighted by Gasteiger charge is 2.16. The van der Waals surface area contributed by atoms with E-state index in [9.17, 15) is 4.79 Å². The van der Waals surface area contributed by atoms with Crippen LogP contribution in [0.3, 0.4) is 0 Å². The van der Waals surface area contributed by atoms with E-state index in [2.05, 4.69) is 10.3 Å². The van der Waals surface area contributed by atoms with Gasteiger partial charge in [0.05, 0.1) is 12.2 Å². The van der Waals surface area contributed by atoms with Crippen LogP contribution in [0, 0.1) is 11.3 Å². The first-order valence-electron chi connectivity index (χ1n) is 5.08. The molecule has 5 nitrogen and oxygen atoms in total. The summed E-state index contributed by atoms with van der Waals surface area (Å²) in [5.41, 5.74) is 0.306. The van der Waals surface area contributed by atoms with Crippen molar-refractivity contribution in [2.75, 3.05) is 11.9 Å². The Morgan fingerprint density at radius 2 is 2.47 bits per heavy atom. The zero-order valence-electron chi connectivity index (χ0n) is 9.53. The van der Waals surface area contributed by atoms with Crippen LogP contribution in [0.15, 0.2) is 12.3 Å². The summed E-state index contributed by atoms with van der Waals surface area (Å²) in [6, 6.07) is 2.86. The molecule has 1 unspecified atom stereocenters.